The van der Waals surface area contributed by atoms with Gasteiger partial charge >= 0.3 is 0 Å². The molecule has 1 fully saturated rings. The van der Waals surface area contributed by atoms with Crippen LogP contribution in [0.5, 0.6) is 0 Å². The quantitative estimate of drug-likeness (QED) is 0.833. The topological polar surface area (TPSA) is 29.3 Å². The Morgan fingerprint density at radius 2 is 1.83 bits per heavy atom. The van der Waals surface area contributed by atoms with Crippen LogP contribution in [0.1, 0.15) is 46.5 Å². The number of hydrogen-bond donors (Lipinski definition) is 1. The molecule has 0 heterocycles. The van der Waals surface area contributed by atoms with Gasteiger partial charge < -0.3 is 5.73 Å². The molecule has 0 amide bonds. The van der Waals surface area contributed by atoms with Gasteiger partial charge in [-0.15, -0.1) is 0 Å². The zero-order valence-corrected chi connectivity index (χ0v) is 13.8. The molecule has 0 atom stereocenters. The number of nitrogens with zero attached hydrogens (tertiary/aromatic N) is 1. The molecule has 0 unspecified atom stereocenters. The van der Waals surface area contributed by atoms with E-state index in [1.165, 1.54) is 38.0 Å². The number of likely N-dealkylation sites (N-methyl/N-ethyl adjacent to an activating group) is 1. The van der Waals surface area contributed by atoms with Crippen LogP contribution in [0.25, 0.3) is 0 Å². The molecule has 18 heavy (non-hydrogen) atoms. The lowest BCUT2D eigenvalue weighted by Crippen LogP contribution is -2.55. The molecule has 0 aromatic heterocycles. The van der Waals surface area contributed by atoms with Gasteiger partial charge in [-0.1, -0.05) is 20.8 Å². The van der Waals surface area contributed by atoms with Crippen molar-refractivity contribution in [2.24, 2.45) is 17.1 Å². The first-order chi connectivity index (χ1) is 8.35. The maximum atomic E-state index is 6.12. The lowest BCUT2D eigenvalue weighted by Gasteiger charge is -2.48. The predicted molar refractivity (Wildman–Crippen MR) is 84.2 cm³/mol. The van der Waals surface area contributed by atoms with Crippen LogP contribution >= 0.6 is 11.8 Å². The molecule has 3 heteroatoms. The van der Waals surface area contributed by atoms with E-state index in [0.29, 0.717) is 5.41 Å². The smallest absolute Gasteiger partial charge is 0.0329 e. The van der Waals surface area contributed by atoms with Gasteiger partial charge in [-0.25, -0.2) is 0 Å². The van der Waals surface area contributed by atoms with Gasteiger partial charge in [-0.2, -0.15) is 11.8 Å². The Hall–Kier alpha value is 0.270. The highest BCUT2D eigenvalue weighted by molar-refractivity contribution is 7.98. The zero-order valence-electron chi connectivity index (χ0n) is 13.0. The molecule has 1 aliphatic rings. The summed E-state index contributed by atoms with van der Waals surface area (Å²) in [5.41, 5.74) is 6.85. The van der Waals surface area contributed by atoms with Crippen molar-refractivity contribution in [3.8, 4) is 0 Å². The first-order valence-corrected chi connectivity index (χ1v) is 8.65. The van der Waals surface area contributed by atoms with Crippen molar-refractivity contribution in [1.82, 2.24) is 4.90 Å². The van der Waals surface area contributed by atoms with Crippen LogP contribution in [-0.2, 0) is 0 Å². The number of rotatable bonds is 5. The minimum absolute atomic E-state index is 0.275. The van der Waals surface area contributed by atoms with Crippen LogP contribution in [0.15, 0.2) is 0 Å². The number of thioether (sulfide) groups is 1. The third-order valence-electron chi connectivity index (χ3n) is 4.96. The summed E-state index contributed by atoms with van der Waals surface area (Å²) in [6.45, 7) is 9.12. The molecule has 0 bridgehead atoms. The maximum absolute atomic E-state index is 6.12. The standard InChI is InChI=1S/C15H32N2S/c1-14(2,3)13-6-8-15(12-16,9-7-13)17(4)10-11-18-5/h13H,6-12,16H2,1-5H3. The Kier molecular flexibility index (Phi) is 6.01. The molecule has 1 rings (SSSR count). The summed E-state index contributed by atoms with van der Waals surface area (Å²) in [6.07, 6.45) is 7.40. The third-order valence-corrected chi connectivity index (χ3v) is 5.55. The second kappa shape index (κ2) is 6.62. The van der Waals surface area contributed by atoms with Gasteiger partial charge in [-0.3, -0.25) is 4.90 Å². The van der Waals surface area contributed by atoms with Crippen LogP contribution in [0.4, 0.5) is 0 Å². The van der Waals surface area contributed by atoms with E-state index in [1.807, 2.05) is 11.8 Å². The largest absolute Gasteiger partial charge is 0.329 e. The molecule has 0 aliphatic heterocycles. The van der Waals surface area contributed by atoms with Crippen molar-refractivity contribution in [2.75, 3.05) is 32.1 Å². The van der Waals surface area contributed by atoms with Crippen molar-refractivity contribution in [3.63, 3.8) is 0 Å². The van der Waals surface area contributed by atoms with Crippen molar-refractivity contribution >= 4 is 11.8 Å². The summed E-state index contributed by atoms with van der Waals surface area (Å²) in [7, 11) is 2.26. The molecule has 1 saturated carbocycles. The molecule has 0 saturated heterocycles. The average Bonchev–Trinajstić information content (AvgIpc) is 2.34. The highest BCUT2D eigenvalue weighted by Gasteiger charge is 2.40. The van der Waals surface area contributed by atoms with Gasteiger partial charge in [0.2, 0.25) is 0 Å². The Morgan fingerprint density at radius 1 is 1.28 bits per heavy atom. The minimum atomic E-state index is 0.275. The lowest BCUT2D eigenvalue weighted by atomic mass is 9.67. The highest BCUT2D eigenvalue weighted by atomic mass is 32.2. The lowest BCUT2D eigenvalue weighted by molar-refractivity contribution is 0.0422. The molecule has 2 N–H and O–H groups in total. The van der Waals surface area contributed by atoms with E-state index in [-0.39, 0.29) is 5.54 Å². The van der Waals surface area contributed by atoms with E-state index >= 15 is 0 Å². The van der Waals surface area contributed by atoms with E-state index in [9.17, 15) is 0 Å². The summed E-state index contributed by atoms with van der Waals surface area (Å²) < 4.78 is 0. The molecule has 108 valence electrons. The van der Waals surface area contributed by atoms with Crippen LogP contribution in [0, 0.1) is 11.3 Å². The number of hydrogen-bond acceptors (Lipinski definition) is 3. The molecule has 0 spiro atoms. The molecule has 0 aromatic carbocycles. The summed E-state index contributed by atoms with van der Waals surface area (Å²) in [6, 6.07) is 0. The fourth-order valence-corrected chi connectivity index (χ4v) is 3.68. The fourth-order valence-electron chi connectivity index (χ4n) is 3.23. The van der Waals surface area contributed by atoms with Crippen molar-refractivity contribution in [1.29, 1.82) is 0 Å². The van der Waals surface area contributed by atoms with Gasteiger partial charge in [0.15, 0.2) is 0 Å². The first kappa shape index (κ1) is 16.3. The zero-order chi connectivity index (χ0) is 13.8. The molecule has 1 aliphatic carbocycles. The van der Waals surface area contributed by atoms with Gasteiger partial charge in [0.1, 0.15) is 0 Å². The monoisotopic (exact) mass is 272 g/mol. The Morgan fingerprint density at radius 3 is 2.22 bits per heavy atom. The van der Waals surface area contributed by atoms with Gasteiger partial charge in [-0.05, 0) is 50.3 Å². The third kappa shape index (κ3) is 3.88. The van der Waals surface area contributed by atoms with Crippen LogP contribution < -0.4 is 5.73 Å². The minimum Gasteiger partial charge on any atom is -0.329 e. The summed E-state index contributed by atoms with van der Waals surface area (Å²) >= 11 is 1.93. The summed E-state index contributed by atoms with van der Waals surface area (Å²) in [4.78, 5) is 2.53. The van der Waals surface area contributed by atoms with Crippen LogP contribution in [-0.4, -0.2) is 42.6 Å². The van der Waals surface area contributed by atoms with E-state index in [0.717, 1.165) is 12.5 Å². The van der Waals surface area contributed by atoms with Crippen molar-refractivity contribution < 1.29 is 0 Å². The Balaban J connectivity index is 2.59. The second-order valence-electron chi connectivity index (χ2n) is 6.98. The van der Waals surface area contributed by atoms with E-state index < -0.39 is 0 Å². The fraction of sp³-hybridized carbons (Fsp3) is 1.00. The molecular formula is C15H32N2S. The number of nitrogens with two attached hydrogens (primary N) is 1. The Bertz CT molecular complexity index is 239. The van der Waals surface area contributed by atoms with Gasteiger partial charge in [0.25, 0.3) is 0 Å². The maximum Gasteiger partial charge on any atom is 0.0329 e. The van der Waals surface area contributed by atoms with Crippen molar-refractivity contribution in [2.45, 2.75) is 52.0 Å². The Labute approximate surface area is 118 Å². The predicted octanol–water partition coefficient (Wildman–Crippen LogP) is 3.22. The van der Waals surface area contributed by atoms with Gasteiger partial charge in [0.05, 0.1) is 0 Å². The molecule has 0 aromatic rings. The average molecular weight is 273 g/mol. The van der Waals surface area contributed by atoms with Crippen molar-refractivity contribution in [3.05, 3.63) is 0 Å². The van der Waals surface area contributed by atoms with Crippen LogP contribution in [0.2, 0.25) is 0 Å². The van der Waals surface area contributed by atoms with E-state index in [4.69, 9.17) is 5.73 Å². The summed E-state index contributed by atoms with van der Waals surface area (Å²) in [5, 5.41) is 0. The molecule has 0 radical (unpaired) electrons. The summed E-state index contributed by atoms with van der Waals surface area (Å²) in [5.74, 6) is 2.08. The highest BCUT2D eigenvalue weighted by Crippen LogP contribution is 2.42. The van der Waals surface area contributed by atoms with E-state index in [2.05, 4.69) is 39.0 Å². The van der Waals surface area contributed by atoms with Crippen LogP contribution in [0.3, 0.4) is 0 Å². The van der Waals surface area contributed by atoms with E-state index in [1.54, 1.807) is 0 Å². The normalized spacial score (nSPS) is 29.8. The molecule has 2 nitrogen and oxygen atoms in total. The first-order valence-electron chi connectivity index (χ1n) is 7.26. The second-order valence-corrected chi connectivity index (χ2v) is 7.97. The molecular weight excluding hydrogens is 240 g/mol. The SMILES string of the molecule is CSCCN(C)C1(CN)CCC(C(C)(C)C)CC1. The van der Waals surface area contributed by atoms with Gasteiger partial charge in [0, 0.05) is 24.4 Å².